The molecule has 7 N–H and O–H groups in total. The average molecular weight is 439 g/mol. The number of thioether (sulfide) groups is 1. The number of rotatable bonds is 14. The van der Waals surface area contributed by atoms with Crippen LogP contribution in [0.2, 0.25) is 0 Å². The van der Waals surface area contributed by atoms with Crippen LogP contribution in [0, 0.1) is 0 Å². The largest absolute Gasteiger partial charge is 0.481 e. The summed E-state index contributed by atoms with van der Waals surface area (Å²) in [5, 5.41) is 24.5. The number of hydrogen-bond donors (Lipinski definition) is 7. The number of nitrogens with one attached hydrogen (secondary N) is 3. The molecule has 3 atom stereocenters. The van der Waals surface area contributed by atoms with Crippen molar-refractivity contribution in [2.45, 2.75) is 37.4 Å². The molecule has 0 radical (unpaired) electrons. The molecular weight excluding hydrogens is 412 g/mol. The van der Waals surface area contributed by atoms with Crippen molar-refractivity contribution < 1.29 is 34.2 Å². The van der Waals surface area contributed by atoms with Gasteiger partial charge in [-0.15, -0.1) is 0 Å². The van der Waals surface area contributed by atoms with Gasteiger partial charge >= 0.3 is 11.9 Å². The lowest BCUT2D eigenvalue weighted by Crippen LogP contribution is -2.54. The number of hydrogen-bond acceptors (Lipinski definition) is 8. The number of carbonyl (C=O) groups is 5. The maximum absolute atomic E-state index is 12.2. The number of amides is 3. The molecule has 0 aliphatic carbocycles. The molecule has 0 fully saturated rings. The minimum Gasteiger partial charge on any atom is -0.481 e. The molecule has 0 saturated carbocycles. The molecule has 0 rings (SSSR count). The van der Waals surface area contributed by atoms with Gasteiger partial charge in [0.05, 0.1) is 12.6 Å². The molecule has 0 bridgehead atoms. The zero-order valence-electron chi connectivity index (χ0n) is 15.3. The Bertz CT molecular complexity index is 577. The van der Waals surface area contributed by atoms with Gasteiger partial charge in [0.1, 0.15) is 12.1 Å². The third-order valence-corrected chi connectivity index (χ3v) is 4.50. The first-order valence-electron chi connectivity index (χ1n) is 8.29. The lowest BCUT2D eigenvalue weighted by atomic mass is 10.1. The molecule has 0 aliphatic heterocycles. The van der Waals surface area contributed by atoms with Gasteiger partial charge < -0.3 is 31.9 Å². The molecule has 3 unspecified atom stereocenters. The maximum atomic E-state index is 12.2. The Hall–Kier alpha value is -1.99. The summed E-state index contributed by atoms with van der Waals surface area (Å²) in [5.41, 5.74) is 5.67. The molecule has 0 aromatic heterocycles. The standard InChI is InChI=1S/C15H26N4O7S2/c1-28-5-4-8(16)13(23)17-6-11(20)18-9(2-3-12(21)22)14(24)19-10(7-27)15(25)26/h8-10,27H,2-7,16H2,1H3,(H,17,23)(H,18,20)(H,19,24)(H,21,22)(H,25,26). The average Bonchev–Trinajstić information content (AvgIpc) is 2.64. The number of nitrogens with two attached hydrogens (primary N) is 1. The molecule has 11 nitrogen and oxygen atoms in total. The fraction of sp³-hybridized carbons (Fsp3) is 0.667. The highest BCUT2D eigenvalue weighted by atomic mass is 32.2. The van der Waals surface area contributed by atoms with Crippen molar-refractivity contribution in [2.75, 3.05) is 24.3 Å². The van der Waals surface area contributed by atoms with E-state index < -0.39 is 60.8 Å². The van der Waals surface area contributed by atoms with Crippen LogP contribution in [0.1, 0.15) is 19.3 Å². The lowest BCUT2D eigenvalue weighted by molar-refractivity contribution is -0.142. The topological polar surface area (TPSA) is 188 Å². The Balaban J connectivity index is 4.78. The second-order valence-electron chi connectivity index (χ2n) is 5.74. The van der Waals surface area contributed by atoms with Gasteiger partial charge in [-0.1, -0.05) is 0 Å². The van der Waals surface area contributed by atoms with Crippen molar-refractivity contribution in [3.63, 3.8) is 0 Å². The molecule has 13 heteroatoms. The fourth-order valence-corrected chi connectivity index (χ4v) is 2.65. The molecule has 3 amide bonds. The summed E-state index contributed by atoms with van der Waals surface area (Å²) in [6.07, 6.45) is 1.61. The molecule has 0 heterocycles. The second-order valence-corrected chi connectivity index (χ2v) is 7.09. The van der Waals surface area contributed by atoms with Crippen LogP contribution in [0.4, 0.5) is 0 Å². The molecule has 0 saturated heterocycles. The SMILES string of the molecule is CSCCC(N)C(=O)NCC(=O)NC(CCC(=O)O)C(=O)NC(CS)C(=O)O. The number of carboxylic acids is 2. The van der Waals surface area contributed by atoms with E-state index in [9.17, 15) is 24.0 Å². The summed E-state index contributed by atoms with van der Waals surface area (Å²) in [6.45, 7) is -0.461. The summed E-state index contributed by atoms with van der Waals surface area (Å²) in [7, 11) is 0. The van der Waals surface area contributed by atoms with Gasteiger partial charge in [-0.3, -0.25) is 19.2 Å². The molecule has 160 valence electrons. The fourth-order valence-electron chi connectivity index (χ4n) is 1.91. The Morgan fingerprint density at radius 1 is 1.04 bits per heavy atom. The van der Waals surface area contributed by atoms with Crippen molar-refractivity contribution in [1.82, 2.24) is 16.0 Å². The number of carbonyl (C=O) groups excluding carboxylic acids is 3. The molecular formula is C15H26N4O7S2. The van der Waals surface area contributed by atoms with E-state index in [1.54, 1.807) is 0 Å². The van der Waals surface area contributed by atoms with Crippen molar-refractivity contribution in [2.24, 2.45) is 5.73 Å². The van der Waals surface area contributed by atoms with Crippen molar-refractivity contribution in [1.29, 1.82) is 0 Å². The van der Waals surface area contributed by atoms with Crippen molar-refractivity contribution in [3.8, 4) is 0 Å². The molecule has 0 aromatic carbocycles. The van der Waals surface area contributed by atoms with Gasteiger partial charge in [-0.05, 0) is 24.9 Å². The van der Waals surface area contributed by atoms with Crippen LogP contribution in [0.5, 0.6) is 0 Å². The van der Waals surface area contributed by atoms with Crippen LogP contribution in [0.25, 0.3) is 0 Å². The van der Waals surface area contributed by atoms with E-state index >= 15 is 0 Å². The van der Waals surface area contributed by atoms with E-state index in [4.69, 9.17) is 15.9 Å². The summed E-state index contributed by atoms with van der Waals surface area (Å²) >= 11 is 5.34. The Kier molecular flexibility index (Phi) is 13.1. The Morgan fingerprint density at radius 2 is 1.68 bits per heavy atom. The van der Waals surface area contributed by atoms with Gasteiger partial charge in [0, 0.05) is 12.2 Å². The predicted molar refractivity (Wildman–Crippen MR) is 106 cm³/mol. The van der Waals surface area contributed by atoms with Crippen LogP contribution < -0.4 is 21.7 Å². The monoisotopic (exact) mass is 438 g/mol. The highest BCUT2D eigenvalue weighted by Gasteiger charge is 2.26. The zero-order chi connectivity index (χ0) is 21.7. The van der Waals surface area contributed by atoms with Crippen LogP contribution in [-0.2, 0) is 24.0 Å². The van der Waals surface area contributed by atoms with Crippen LogP contribution in [-0.4, -0.2) is 82.3 Å². The van der Waals surface area contributed by atoms with Gasteiger partial charge in [-0.25, -0.2) is 4.79 Å². The first kappa shape index (κ1) is 26.0. The number of carboxylic acid groups (broad SMARTS) is 2. The summed E-state index contributed by atoms with van der Waals surface area (Å²) in [5.74, 6) is -4.16. The minimum atomic E-state index is -1.32. The molecule has 0 aromatic rings. The third kappa shape index (κ3) is 11.0. The second kappa shape index (κ2) is 14.1. The molecule has 0 aliphatic rings. The van der Waals surface area contributed by atoms with Gasteiger partial charge in [0.15, 0.2) is 0 Å². The van der Waals surface area contributed by atoms with Crippen molar-refractivity contribution >= 4 is 54.1 Å². The van der Waals surface area contributed by atoms with Gasteiger partial charge in [0.25, 0.3) is 0 Å². The molecule has 28 heavy (non-hydrogen) atoms. The van der Waals surface area contributed by atoms with Crippen molar-refractivity contribution in [3.05, 3.63) is 0 Å². The Labute approximate surface area is 172 Å². The summed E-state index contributed by atoms with van der Waals surface area (Å²) in [4.78, 5) is 57.7. The first-order valence-corrected chi connectivity index (χ1v) is 10.3. The van der Waals surface area contributed by atoms with Gasteiger partial charge in [0.2, 0.25) is 17.7 Å². The number of aliphatic carboxylic acids is 2. The maximum Gasteiger partial charge on any atom is 0.327 e. The highest BCUT2D eigenvalue weighted by molar-refractivity contribution is 7.98. The normalized spacial score (nSPS) is 13.7. The zero-order valence-corrected chi connectivity index (χ0v) is 17.1. The van der Waals surface area contributed by atoms with Gasteiger partial charge in [-0.2, -0.15) is 24.4 Å². The predicted octanol–water partition coefficient (Wildman–Crippen LogP) is -1.97. The number of thiol groups is 1. The smallest absolute Gasteiger partial charge is 0.327 e. The van der Waals surface area contributed by atoms with E-state index in [1.807, 2.05) is 6.26 Å². The lowest BCUT2D eigenvalue weighted by Gasteiger charge is -2.20. The third-order valence-electron chi connectivity index (χ3n) is 3.49. The van der Waals surface area contributed by atoms with Crippen LogP contribution in [0.15, 0.2) is 0 Å². The molecule has 0 spiro atoms. The quantitative estimate of drug-likeness (QED) is 0.151. The summed E-state index contributed by atoms with van der Waals surface area (Å²) in [6, 6.07) is -3.36. The highest BCUT2D eigenvalue weighted by Crippen LogP contribution is 2.01. The Morgan fingerprint density at radius 3 is 2.18 bits per heavy atom. The van der Waals surface area contributed by atoms with E-state index in [0.29, 0.717) is 12.2 Å². The van der Waals surface area contributed by atoms with E-state index in [1.165, 1.54) is 11.8 Å². The van der Waals surface area contributed by atoms with Crippen LogP contribution >= 0.6 is 24.4 Å². The van der Waals surface area contributed by atoms with E-state index in [0.717, 1.165) is 0 Å². The van der Waals surface area contributed by atoms with E-state index in [-0.39, 0.29) is 12.2 Å². The minimum absolute atomic E-state index is 0.190. The summed E-state index contributed by atoms with van der Waals surface area (Å²) < 4.78 is 0. The van der Waals surface area contributed by atoms with Crippen LogP contribution in [0.3, 0.4) is 0 Å². The first-order chi connectivity index (χ1) is 13.1. The van der Waals surface area contributed by atoms with E-state index in [2.05, 4.69) is 28.6 Å².